The van der Waals surface area contributed by atoms with Crippen molar-refractivity contribution in [2.75, 3.05) is 79.0 Å². The van der Waals surface area contributed by atoms with E-state index >= 15 is 0 Å². The Morgan fingerprint density at radius 1 is 0.738 bits per heavy atom. The summed E-state index contributed by atoms with van der Waals surface area (Å²) in [5.41, 5.74) is -0.592. The highest BCUT2D eigenvalue weighted by Gasteiger charge is 2.18. The van der Waals surface area contributed by atoms with Crippen molar-refractivity contribution in [3.8, 4) is 0 Å². The first kappa shape index (κ1) is 32.8. The van der Waals surface area contributed by atoms with Crippen LogP contribution in [-0.2, 0) is 32.0 Å². The van der Waals surface area contributed by atoms with Crippen molar-refractivity contribution in [2.24, 2.45) is 0 Å². The Hall–Kier alpha value is -3.67. The molecule has 0 aromatic carbocycles. The number of carboxylic acid groups (broad SMARTS) is 2. The van der Waals surface area contributed by atoms with E-state index in [0.717, 1.165) is 12.1 Å². The minimum Gasteiger partial charge on any atom is -0.477 e. The summed E-state index contributed by atoms with van der Waals surface area (Å²) in [6.45, 7) is 4.68. The summed E-state index contributed by atoms with van der Waals surface area (Å²) in [6, 6.07) is 4.24. The number of aromatic nitrogens is 2. The van der Waals surface area contributed by atoms with Gasteiger partial charge in [-0.05, 0) is 6.07 Å². The Balaban J connectivity index is 1.54. The molecule has 0 aliphatic carbocycles. The van der Waals surface area contributed by atoms with E-state index in [1.54, 1.807) is 0 Å². The van der Waals surface area contributed by atoms with Gasteiger partial charge in [-0.3, -0.25) is 19.9 Å². The molecule has 0 bridgehead atoms. The van der Waals surface area contributed by atoms with Crippen LogP contribution in [0.4, 0.5) is 10.1 Å². The van der Waals surface area contributed by atoms with Crippen molar-refractivity contribution < 1.29 is 48.1 Å². The van der Waals surface area contributed by atoms with Crippen LogP contribution in [-0.4, -0.2) is 126 Å². The quantitative estimate of drug-likeness (QED) is 0.344. The smallest absolute Gasteiger partial charge is 0.354 e. The number of aromatic carboxylic acids is 2. The van der Waals surface area contributed by atoms with Crippen molar-refractivity contribution in [3.63, 3.8) is 0 Å². The molecule has 230 valence electrons. The first-order chi connectivity index (χ1) is 20.2. The van der Waals surface area contributed by atoms with Gasteiger partial charge in [0, 0.05) is 57.5 Å². The maximum atomic E-state index is 13.9. The fourth-order valence-corrected chi connectivity index (χ4v) is 4.03. The second-order valence-electron chi connectivity index (χ2n) is 9.23. The van der Waals surface area contributed by atoms with Gasteiger partial charge in [0.2, 0.25) is 0 Å². The van der Waals surface area contributed by atoms with Crippen LogP contribution in [0, 0.1) is 15.9 Å². The molecular formula is C26H34FN5O10. The molecule has 0 radical (unpaired) electrons. The van der Waals surface area contributed by atoms with Gasteiger partial charge in [-0.2, -0.15) is 0 Å². The predicted octanol–water partition coefficient (Wildman–Crippen LogP) is 1.30. The molecule has 0 atom stereocenters. The zero-order valence-corrected chi connectivity index (χ0v) is 23.0. The number of hydrogen-bond donors (Lipinski definition) is 2. The molecule has 2 N–H and O–H groups in total. The molecule has 0 saturated carbocycles. The zero-order chi connectivity index (χ0) is 30.3. The minimum absolute atomic E-state index is 0.158. The summed E-state index contributed by atoms with van der Waals surface area (Å²) < 4.78 is 36.6. The topological polar surface area (TPSA) is 187 Å². The highest BCUT2D eigenvalue weighted by atomic mass is 19.1. The maximum Gasteiger partial charge on any atom is 0.354 e. The monoisotopic (exact) mass is 595 g/mol. The fraction of sp³-hybridized carbons (Fsp3) is 0.538. The molecule has 1 aliphatic heterocycles. The third-order valence-electron chi connectivity index (χ3n) is 6.08. The second-order valence-corrected chi connectivity index (χ2v) is 9.23. The zero-order valence-electron chi connectivity index (χ0n) is 23.0. The van der Waals surface area contributed by atoms with Crippen LogP contribution < -0.4 is 0 Å². The predicted molar refractivity (Wildman–Crippen MR) is 143 cm³/mol. The Morgan fingerprint density at radius 2 is 1.14 bits per heavy atom. The summed E-state index contributed by atoms with van der Waals surface area (Å²) in [5.74, 6) is -3.34. The van der Waals surface area contributed by atoms with Gasteiger partial charge in [0.15, 0.2) is 11.4 Å². The molecule has 3 rings (SSSR count). The number of rotatable bonds is 7. The molecule has 1 aliphatic rings. The lowest BCUT2D eigenvalue weighted by atomic mass is 10.2. The lowest BCUT2D eigenvalue weighted by Crippen LogP contribution is -2.33. The number of pyridine rings is 2. The Labute approximate surface area is 240 Å². The first-order valence-electron chi connectivity index (χ1n) is 13.3. The average molecular weight is 596 g/mol. The van der Waals surface area contributed by atoms with Gasteiger partial charge in [-0.25, -0.2) is 23.9 Å². The third kappa shape index (κ3) is 11.7. The van der Waals surface area contributed by atoms with Crippen LogP contribution in [0.3, 0.4) is 0 Å². The van der Waals surface area contributed by atoms with E-state index in [4.69, 9.17) is 24.1 Å². The van der Waals surface area contributed by atoms with Gasteiger partial charge >= 0.3 is 11.9 Å². The standard InChI is InChI=1S/C26H34FN5O10/c27-19-13-20(28-23(14-19)25(33)34)17-30-1-5-39-9-11-41-7-3-31(4-8-42-12-10-40-6-2-30)18-21-15-22(32(37)38)16-24(29-21)26(35)36/h13-16H,1-12,17-18H2,(H,33,34)(H,35,36). The van der Waals surface area contributed by atoms with Gasteiger partial charge in [-0.15, -0.1) is 0 Å². The van der Waals surface area contributed by atoms with E-state index < -0.39 is 28.4 Å². The van der Waals surface area contributed by atoms with Crippen molar-refractivity contribution in [1.82, 2.24) is 19.8 Å². The van der Waals surface area contributed by atoms with Crippen LogP contribution >= 0.6 is 0 Å². The molecule has 2 aromatic heterocycles. The Kier molecular flexibility index (Phi) is 13.5. The molecule has 2 aromatic rings. The molecule has 42 heavy (non-hydrogen) atoms. The van der Waals surface area contributed by atoms with E-state index in [9.17, 15) is 29.2 Å². The Bertz CT molecular complexity index is 1150. The summed E-state index contributed by atoms with van der Waals surface area (Å²) >= 11 is 0. The van der Waals surface area contributed by atoms with E-state index in [2.05, 4.69) is 9.97 Å². The molecule has 1 fully saturated rings. The molecule has 1 saturated heterocycles. The second kappa shape index (κ2) is 17.3. The van der Waals surface area contributed by atoms with Gasteiger partial charge in [-0.1, -0.05) is 0 Å². The number of carboxylic acids is 2. The summed E-state index contributed by atoms with van der Waals surface area (Å²) in [7, 11) is 0. The van der Waals surface area contributed by atoms with Crippen molar-refractivity contribution in [1.29, 1.82) is 0 Å². The lowest BCUT2D eigenvalue weighted by molar-refractivity contribution is -0.385. The number of hydrogen-bond acceptors (Lipinski definition) is 12. The van der Waals surface area contributed by atoms with Crippen molar-refractivity contribution in [2.45, 2.75) is 13.1 Å². The lowest BCUT2D eigenvalue weighted by Gasteiger charge is -2.23. The first-order valence-corrected chi connectivity index (χ1v) is 13.3. The molecule has 3 heterocycles. The van der Waals surface area contributed by atoms with Gasteiger partial charge in [0.05, 0.1) is 69.2 Å². The van der Waals surface area contributed by atoms with Crippen LogP contribution in [0.2, 0.25) is 0 Å². The molecule has 15 nitrogen and oxygen atoms in total. The molecule has 0 amide bonds. The fourth-order valence-electron chi connectivity index (χ4n) is 4.03. The van der Waals surface area contributed by atoms with Crippen LogP contribution in [0.15, 0.2) is 24.3 Å². The van der Waals surface area contributed by atoms with E-state index in [-0.39, 0.29) is 35.9 Å². The third-order valence-corrected chi connectivity index (χ3v) is 6.08. The number of ether oxygens (including phenoxy) is 4. The average Bonchev–Trinajstić information content (AvgIpc) is 2.94. The minimum atomic E-state index is -1.35. The summed E-state index contributed by atoms with van der Waals surface area (Å²) in [4.78, 5) is 45.1. The van der Waals surface area contributed by atoms with Gasteiger partial charge in [0.25, 0.3) is 5.69 Å². The molecule has 0 unspecified atom stereocenters. The normalized spacial score (nSPS) is 17.6. The van der Waals surface area contributed by atoms with Gasteiger partial charge < -0.3 is 29.2 Å². The molecule has 0 spiro atoms. The Morgan fingerprint density at radius 3 is 1.55 bits per heavy atom. The SMILES string of the molecule is O=C(O)c1cc(F)cc(CN2CCOCCOCCN(Cc3cc([N+](=O)[O-])cc(C(=O)O)n3)CCOCCOCC2)n1. The summed E-state index contributed by atoms with van der Waals surface area (Å²) in [6.07, 6.45) is 0. The van der Waals surface area contributed by atoms with E-state index in [1.807, 2.05) is 9.80 Å². The van der Waals surface area contributed by atoms with Crippen molar-refractivity contribution in [3.05, 3.63) is 63.0 Å². The van der Waals surface area contributed by atoms with E-state index in [1.165, 1.54) is 12.1 Å². The number of nitrogens with zero attached hydrogens (tertiary/aromatic N) is 5. The van der Waals surface area contributed by atoms with Crippen molar-refractivity contribution >= 4 is 17.6 Å². The number of nitro groups is 1. The number of carbonyl (C=O) groups is 2. The largest absolute Gasteiger partial charge is 0.477 e. The van der Waals surface area contributed by atoms with Gasteiger partial charge in [0.1, 0.15) is 5.82 Å². The summed E-state index contributed by atoms with van der Waals surface area (Å²) in [5, 5.41) is 29.7. The van der Waals surface area contributed by atoms with E-state index in [0.29, 0.717) is 79.0 Å². The highest BCUT2D eigenvalue weighted by molar-refractivity contribution is 5.86. The van der Waals surface area contributed by atoms with Crippen LogP contribution in [0.25, 0.3) is 0 Å². The highest BCUT2D eigenvalue weighted by Crippen LogP contribution is 2.16. The number of halogens is 1. The van der Waals surface area contributed by atoms with Crippen LogP contribution in [0.1, 0.15) is 32.4 Å². The maximum absolute atomic E-state index is 13.9. The molecule has 16 heteroatoms. The van der Waals surface area contributed by atoms with Crippen LogP contribution in [0.5, 0.6) is 0 Å². The molecular weight excluding hydrogens is 561 g/mol.